The van der Waals surface area contributed by atoms with Crippen LogP contribution in [-0.2, 0) is 4.79 Å². The van der Waals surface area contributed by atoms with E-state index in [9.17, 15) is 13.6 Å². The Hall–Kier alpha value is -3.42. The van der Waals surface area contributed by atoms with Crippen LogP contribution < -0.4 is 14.8 Å². The van der Waals surface area contributed by atoms with E-state index in [0.717, 1.165) is 12.1 Å². The fourth-order valence-electron chi connectivity index (χ4n) is 3.38. The summed E-state index contributed by atoms with van der Waals surface area (Å²) < 4.78 is 39.4. The molecular formula is C20H17F2N3O3. The van der Waals surface area contributed by atoms with E-state index in [-0.39, 0.29) is 12.3 Å². The van der Waals surface area contributed by atoms with Gasteiger partial charge in [-0.3, -0.25) is 9.36 Å². The van der Waals surface area contributed by atoms with Gasteiger partial charge in [0.05, 0.1) is 25.6 Å². The molecule has 1 amide bonds. The Morgan fingerprint density at radius 2 is 1.93 bits per heavy atom. The highest BCUT2D eigenvalue weighted by Crippen LogP contribution is 2.39. The Labute approximate surface area is 159 Å². The number of halogens is 2. The van der Waals surface area contributed by atoms with Crippen molar-refractivity contribution in [2.24, 2.45) is 0 Å². The molecule has 6 nitrogen and oxygen atoms in total. The maximum absolute atomic E-state index is 13.7. The van der Waals surface area contributed by atoms with Crippen molar-refractivity contribution in [1.29, 1.82) is 0 Å². The third-order valence-corrected chi connectivity index (χ3v) is 4.77. The van der Waals surface area contributed by atoms with Gasteiger partial charge >= 0.3 is 0 Å². The van der Waals surface area contributed by atoms with E-state index in [4.69, 9.17) is 9.47 Å². The predicted octanol–water partition coefficient (Wildman–Crippen LogP) is 3.64. The van der Waals surface area contributed by atoms with Crippen molar-refractivity contribution in [1.82, 2.24) is 9.55 Å². The molecule has 4 rings (SSSR count). The summed E-state index contributed by atoms with van der Waals surface area (Å²) in [6, 6.07) is 8.90. The average molecular weight is 385 g/mol. The minimum atomic E-state index is -0.957. The second-order valence-corrected chi connectivity index (χ2v) is 6.36. The molecule has 0 fully saturated rings. The Morgan fingerprint density at radius 1 is 1.11 bits per heavy atom. The van der Waals surface area contributed by atoms with Gasteiger partial charge in [0, 0.05) is 18.4 Å². The van der Waals surface area contributed by atoms with Gasteiger partial charge in [-0.25, -0.2) is 13.8 Å². The largest absolute Gasteiger partial charge is 0.497 e. The van der Waals surface area contributed by atoms with Crippen LogP contribution in [-0.4, -0.2) is 29.7 Å². The third-order valence-electron chi connectivity index (χ3n) is 4.77. The van der Waals surface area contributed by atoms with Gasteiger partial charge in [0.1, 0.15) is 23.6 Å². The van der Waals surface area contributed by atoms with Gasteiger partial charge in [0.25, 0.3) is 0 Å². The number of aromatic nitrogens is 2. The second-order valence-electron chi connectivity index (χ2n) is 6.36. The SMILES string of the molecule is COc1ccc(-n2cnc3c2NC(=O)C[C@H]3c2ccc(F)c(F)c2)c(OC)c1. The molecule has 0 bridgehead atoms. The highest BCUT2D eigenvalue weighted by atomic mass is 19.2. The molecule has 2 aromatic carbocycles. The number of methoxy groups -OCH3 is 2. The fraction of sp³-hybridized carbons (Fsp3) is 0.200. The van der Waals surface area contributed by atoms with Crippen molar-refractivity contribution in [2.45, 2.75) is 12.3 Å². The van der Waals surface area contributed by atoms with Crippen LogP contribution in [0.1, 0.15) is 23.6 Å². The van der Waals surface area contributed by atoms with Crippen molar-refractivity contribution in [3.05, 3.63) is 65.6 Å². The van der Waals surface area contributed by atoms with E-state index in [1.165, 1.54) is 13.2 Å². The summed E-state index contributed by atoms with van der Waals surface area (Å²) in [4.78, 5) is 16.8. The lowest BCUT2D eigenvalue weighted by Gasteiger charge is -2.24. The first-order valence-electron chi connectivity index (χ1n) is 8.56. The normalized spacial score (nSPS) is 15.7. The summed E-state index contributed by atoms with van der Waals surface area (Å²) in [5.41, 5.74) is 1.72. The Balaban J connectivity index is 1.82. The molecule has 3 aromatic rings. The number of amides is 1. The number of imidazole rings is 1. The van der Waals surface area contributed by atoms with Crippen LogP contribution in [0.2, 0.25) is 0 Å². The first-order chi connectivity index (χ1) is 13.5. The smallest absolute Gasteiger partial charge is 0.226 e. The van der Waals surface area contributed by atoms with Crippen LogP contribution in [0.4, 0.5) is 14.6 Å². The number of nitrogens with zero attached hydrogens (tertiary/aromatic N) is 2. The van der Waals surface area contributed by atoms with Gasteiger partial charge in [-0.05, 0) is 29.8 Å². The molecule has 0 saturated heterocycles. The minimum Gasteiger partial charge on any atom is -0.497 e. The molecule has 1 atom stereocenters. The molecule has 0 radical (unpaired) electrons. The van der Waals surface area contributed by atoms with Gasteiger partial charge in [-0.2, -0.15) is 0 Å². The number of rotatable bonds is 4. The van der Waals surface area contributed by atoms with Crippen molar-refractivity contribution in [3.63, 3.8) is 0 Å². The molecule has 1 aliphatic heterocycles. The molecule has 2 heterocycles. The molecule has 0 unspecified atom stereocenters. The van der Waals surface area contributed by atoms with Crippen LogP contribution >= 0.6 is 0 Å². The Bertz CT molecular complexity index is 1060. The fourth-order valence-corrected chi connectivity index (χ4v) is 3.38. The van der Waals surface area contributed by atoms with Gasteiger partial charge in [0.15, 0.2) is 11.6 Å². The van der Waals surface area contributed by atoms with Crippen LogP contribution in [0, 0.1) is 11.6 Å². The first kappa shape index (κ1) is 18.0. The molecule has 0 spiro atoms. The number of benzene rings is 2. The molecule has 28 heavy (non-hydrogen) atoms. The van der Waals surface area contributed by atoms with E-state index in [1.807, 2.05) is 0 Å². The summed E-state index contributed by atoms with van der Waals surface area (Å²) >= 11 is 0. The highest BCUT2D eigenvalue weighted by Gasteiger charge is 2.32. The lowest BCUT2D eigenvalue weighted by Crippen LogP contribution is -2.25. The number of fused-ring (bicyclic) bond motifs is 1. The van der Waals surface area contributed by atoms with E-state index in [0.29, 0.717) is 34.3 Å². The number of ether oxygens (including phenoxy) is 2. The number of hydrogen-bond acceptors (Lipinski definition) is 4. The maximum atomic E-state index is 13.7. The number of anilines is 1. The van der Waals surface area contributed by atoms with Crippen molar-refractivity contribution in [2.75, 3.05) is 19.5 Å². The zero-order valence-corrected chi connectivity index (χ0v) is 15.2. The number of nitrogens with one attached hydrogen (secondary N) is 1. The molecule has 1 N–H and O–H groups in total. The standard InChI is InChI=1S/C20H17F2N3O3/c1-27-12-4-6-16(17(8-12)28-2)25-10-23-19-13(9-18(26)24-20(19)25)11-3-5-14(21)15(22)7-11/h3-8,10,13H,9H2,1-2H3,(H,24,26)/t13-/m0/s1. The predicted molar refractivity (Wildman–Crippen MR) is 98.1 cm³/mol. The van der Waals surface area contributed by atoms with E-state index in [2.05, 4.69) is 10.3 Å². The molecule has 144 valence electrons. The van der Waals surface area contributed by atoms with Crippen LogP contribution in [0.5, 0.6) is 11.5 Å². The molecule has 0 saturated carbocycles. The average Bonchev–Trinajstić information content (AvgIpc) is 3.12. The zero-order chi connectivity index (χ0) is 19.8. The summed E-state index contributed by atoms with van der Waals surface area (Å²) in [5, 5.41) is 2.82. The highest BCUT2D eigenvalue weighted by molar-refractivity contribution is 5.94. The summed E-state index contributed by atoms with van der Waals surface area (Å²) in [5.74, 6) is -0.990. The van der Waals surface area contributed by atoms with Crippen LogP contribution in [0.3, 0.4) is 0 Å². The van der Waals surface area contributed by atoms with E-state index < -0.39 is 17.6 Å². The van der Waals surface area contributed by atoms with Crippen molar-refractivity contribution >= 4 is 11.7 Å². The maximum Gasteiger partial charge on any atom is 0.226 e. The Kier molecular flexibility index (Phi) is 4.46. The van der Waals surface area contributed by atoms with Crippen molar-refractivity contribution < 1.29 is 23.0 Å². The monoisotopic (exact) mass is 385 g/mol. The van der Waals surface area contributed by atoms with E-state index >= 15 is 0 Å². The molecule has 0 aliphatic carbocycles. The molecule has 1 aromatic heterocycles. The summed E-state index contributed by atoms with van der Waals surface area (Å²) in [6.07, 6.45) is 1.66. The van der Waals surface area contributed by atoms with Gasteiger partial charge < -0.3 is 14.8 Å². The lowest BCUT2D eigenvalue weighted by molar-refractivity contribution is -0.116. The lowest BCUT2D eigenvalue weighted by atomic mass is 9.89. The molecule has 1 aliphatic rings. The van der Waals surface area contributed by atoms with Gasteiger partial charge in [-0.15, -0.1) is 0 Å². The van der Waals surface area contributed by atoms with Crippen LogP contribution in [0.15, 0.2) is 42.7 Å². The van der Waals surface area contributed by atoms with E-state index in [1.54, 1.807) is 36.2 Å². The first-order valence-corrected chi connectivity index (χ1v) is 8.56. The minimum absolute atomic E-state index is 0.0921. The summed E-state index contributed by atoms with van der Waals surface area (Å²) in [6.45, 7) is 0. The van der Waals surface area contributed by atoms with Gasteiger partial charge in [0.2, 0.25) is 5.91 Å². The van der Waals surface area contributed by atoms with Crippen LogP contribution in [0.25, 0.3) is 5.69 Å². The van der Waals surface area contributed by atoms with Crippen molar-refractivity contribution in [3.8, 4) is 17.2 Å². The molecular weight excluding hydrogens is 368 g/mol. The topological polar surface area (TPSA) is 65.4 Å². The quantitative estimate of drug-likeness (QED) is 0.745. The zero-order valence-electron chi connectivity index (χ0n) is 15.2. The Morgan fingerprint density at radius 3 is 2.64 bits per heavy atom. The number of hydrogen-bond donors (Lipinski definition) is 1. The summed E-state index contributed by atoms with van der Waals surface area (Å²) in [7, 11) is 3.09. The third kappa shape index (κ3) is 2.96. The number of carbonyl (C=O) groups is 1. The number of carbonyl (C=O) groups excluding carboxylic acids is 1. The van der Waals surface area contributed by atoms with Gasteiger partial charge in [-0.1, -0.05) is 6.07 Å². The molecule has 8 heteroatoms. The second kappa shape index (κ2) is 6.95.